The monoisotopic (exact) mass is 510 g/mol. The molecule has 0 amide bonds. The zero-order chi connectivity index (χ0) is 24.6. The number of carbonyl (C=O) groups excluding carboxylic acids is 1. The standard InChI is InChI=1S/C24H19Cl2F3N2O3/c1-31-12-18(15-5-3-4-13(8-15)14-6-7-30-20(9-14)33-2)17-10-16(25)11-19(26)21(17)22(31)34-23(32)24(27,28)29/h3-11,18,22H,12H2,1-2H3/t18-,22?/m0/s1. The highest BCUT2D eigenvalue weighted by Gasteiger charge is 2.45. The zero-order valence-electron chi connectivity index (χ0n) is 18.1. The highest BCUT2D eigenvalue weighted by atomic mass is 35.5. The number of pyridine rings is 1. The van der Waals surface area contributed by atoms with Gasteiger partial charge in [-0.25, -0.2) is 9.78 Å². The molecular weight excluding hydrogens is 492 g/mol. The number of rotatable bonds is 4. The van der Waals surface area contributed by atoms with Crippen LogP contribution in [0.25, 0.3) is 11.1 Å². The molecule has 0 saturated carbocycles. The molecule has 2 heterocycles. The molecule has 2 atom stereocenters. The summed E-state index contributed by atoms with van der Waals surface area (Å²) in [4.78, 5) is 17.3. The Kier molecular flexibility index (Phi) is 6.75. The van der Waals surface area contributed by atoms with Crippen LogP contribution in [0.15, 0.2) is 54.7 Å². The van der Waals surface area contributed by atoms with Gasteiger partial charge in [0, 0.05) is 35.3 Å². The third-order valence-electron chi connectivity index (χ3n) is 5.64. The average molecular weight is 511 g/mol. The maximum absolute atomic E-state index is 12.9. The number of esters is 1. The number of likely N-dealkylation sites (N-methyl/N-ethyl adjacent to an activating group) is 1. The van der Waals surface area contributed by atoms with Gasteiger partial charge < -0.3 is 9.47 Å². The molecule has 1 aliphatic heterocycles. The Morgan fingerprint density at radius 3 is 2.56 bits per heavy atom. The Morgan fingerprint density at radius 1 is 1.12 bits per heavy atom. The maximum Gasteiger partial charge on any atom is 0.490 e. The molecule has 0 spiro atoms. The first-order valence-corrected chi connectivity index (χ1v) is 10.9. The van der Waals surface area contributed by atoms with Gasteiger partial charge in [-0.1, -0.05) is 47.5 Å². The van der Waals surface area contributed by atoms with Crippen LogP contribution in [0.2, 0.25) is 10.0 Å². The maximum atomic E-state index is 12.9. The second-order valence-corrected chi connectivity index (χ2v) is 8.69. The van der Waals surface area contributed by atoms with E-state index in [2.05, 4.69) is 4.98 Å². The van der Waals surface area contributed by atoms with Crippen molar-refractivity contribution >= 4 is 29.2 Å². The number of alkyl halides is 3. The smallest absolute Gasteiger partial charge is 0.481 e. The molecule has 2 aromatic carbocycles. The van der Waals surface area contributed by atoms with Crippen molar-refractivity contribution in [3.8, 4) is 17.0 Å². The van der Waals surface area contributed by atoms with Gasteiger partial charge >= 0.3 is 12.1 Å². The number of aromatic nitrogens is 1. The van der Waals surface area contributed by atoms with E-state index < -0.39 is 18.4 Å². The second kappa shape index (κ2) is 9.44. The van der Waals surface area contributed by atoms with Crippen molar-refractivity contribution in [3.63, 3.8) is 0 Å². The third kappa shape index (κ3) is 4.85. The largest absolute Gasteiger partial charge is 0.490 e. The van der Waals surface area contributed by atoms with Gasteiger partial charge in [-0.15, -0.1) is 0 Å². The summed E-state index contributed by atoms with van der Waals surface area (Å²) in [6.07, 6.45) is -4.79. The zero-order valence-corrected chi connectivity index (χ0v) is 19.6. The molecule has 1 aromatic heterocycles. The molecule has 0 aliphatic carbocycles. The van der Waals surface area contributed by atoms with Gasteiger partial charge in [-0.05, 0) is 47.5 Å². The predicted octanol–water partition coefficient (Wildman–Crippen LogP) is 6.25. The van der Waals surface area contributed by atoms with Crippen LogP contribution in [0, 0.1) is 0 Å². The van der Waals surface area contributed by atoms with E-state index in [9.17, 15) is 18.0 Å². The van der Waals surface area contributed by atoms with Crippen LogP contribution in [-0.2, 0) is 9.53 Å². The SMILES string of the molecule is COc1cc(-c2cccc([C@@H]3CN(C)C(OC(=O)C(F)(F)F)c4c(Cl)cc(Cl)cc43)c2)ccn1. The number of carbonyl (C=O) groups is 1. The van der Waals surface area contributed by atoms with E-state index in [0.717, 1.165) is 16.7 Å². The highest BCUT2D eigenvalue weighted by molar-refractivity contribution is 6.35. The predicted molar refractivity (Wildman–Crippen MR) is 122 cm³/mol. The molecule has 5 nitrogen and oxygen atoms in total. The van der Waals surface area contributed by atoms with Crippen molar-refractivity contribution in [1.29, 1.82) is 0 Å². The molecule has 178 valence electrons. The summed E-state index contributed by atoms with van der Waals surface area (Å²) >= 11 is 12.7. The normalized spacial score (nSPS) is 18.3. The van der Waals surface area contributed by atoms with Crippen molar-refractivity contribution in [2.75, 3.05) is 20.7 Å². The summed E-state index contributed by atoms with van der Waals surface area (Å²) in [6, 6.07) is 14.4. The minimum Gasteiger partial charge on any atom is -0.481 e. The summed E-state index contributed by atoms with van der Waals surface area (Å²) in [5.41, 5.74) is 3.55. The van der Waals surface area contributed by atoms with E-state index in [1.165, 1.54) is 18.1 Å². The molecule has 3 aromatic rings. The number of hydrogen-bond donors (Lipinski definition) is 0. The minimum absolute atomic E-state index is 0.119. The quantitative estimate of drug-likeness (QED) is 0.388. The molecule has 1 aliphatic rings. The Labute approximate surface area is 204 Å². The minimum atomic E-state index is -5.13. The molecule has 34 heavy (non-hydrogen) atoms. The van der Waals surface area contributed by atoms with Gasteiger partial charge in [0.25, 0.3) is 0 Å². The van der Waals surface area contributed by atoms with Crippen molar-refractivity contribution in [2.24, 2.45) is 0 Å². The fraction of sp³-hybridized carbons (Fsp3) is 0.250. The average Bonchev–Trinajstić information content (AvgIpc) is 2.80. The Bertz CT molecular complexity index is 1240. The summed E-state index contributed by atoms with van der Waals surface area (Å²) in [6.45, 7) is 0.266. The fourth-order valence-electron chi connectivity index (χ4n) is 4.09. The number of methoxy groups -OCH3 is 1. The summed E-state index contributed by atoms with van der Waals surface area (Å²) in [5.74, 6) is -2.10. The van der Waals surface area contributed by atoms with Gasteiger partial charge in [-0.2, -0.15) is 13.2 Å². The highest BCUT2D eigenvalue weighted by Crippen LogP contribution is 2.45. The Hall–Kier alpha value is -2.81. The lowest BCUT2D eigenvalue weighted by molar-refractivity contribution is -0.213. The van der Waals surface area contributed by atoms with Gasteiger partial charge in [0.05, 0.1) is 12.1 Å². The fourth-order valence-corrected chi connectivity index (χ4v) is 4.70. The molecule has 0 bridgehead atoms. The Balaban J connectivity index is 1.78. The van der Waals surface area contributed by atoms with E-state index in [4.69, 9.17) is 32.7 Å². The van der Waals surface area contributed by atoms with E-state index >= 15 is 0 Å². The van der Waals surface area contributed by atoms with Crippen molar-refractivity contribution in [3.05, 3.63) is 81.5 Å². The van der Waals surface area contributed by atoms with Gasteiger partial charge in [0.15, 0.2) is 6.23 Å². The number of hydrogen-bond acceptors (Lipinski definition) is 5. The van der Waals surface area contributed by atoms with Crippen LogP contribution in [0.1, 0.15) is 28.8 Å². The van der Waals surface area contributed by atoms with Crippen LogP contribution < -0.4 is 4.74 Å². The van der Waals surface area contributed by atoms with Crippen molar-refractivity contribution in [2.45, 2.75) is 18.3 Å². The molecule has 1 unspecified atom stereocenters. The van der Waals surface area contributed by atoms with Crippen LogP contribution in [0.3, 0.4) is 0 Å². The lowest BCUT2D eigenvalue weighted by atomic mass is 9.83. The molecule has 0 radical (unpaired) electrons. The van der Waals surface area contributed by atoms with Crippen molar-refractivity contribution in [1.82, 2.24) is 9.88 Å². The lowest BCUT2D eigenvalue weighted by Gasteiger charge is -2.39. The lowest BCUT2D eigenvalue weighted by Crippen LogP contribution is -2.40. The van der Waals surface area contributed by atoms with E-state index in [1.807, 2.05) is 30.3 Å². The first kappa shape index (κ1) is 24.3. The second-order valence-electron chi connectivity index (χ2n) is 7.85. The third-order valence-corrected chi connectivity index (χ3v) is 6.17. The summed E-state index contributed by atoms with van der Waals surface area (Å²) < 4.78 is 48.8. The van der Waals surface area contributed by atoms with Crippen molar-refractivity contribution < 1.29 is 27.4 Å². The van der Waals surface area contributed by atoms with Crippen LogP contribution >= 0.6 is 23.2 Å². The van der Waals surface area contributed by atoms with Crippen LogP contribution in [0.5, 0.6) is 5.88 Å². The summed E-state index contributed by atoms with van der Waals surface area (Å²) in [5, 5.41) is 0.447. The number of halogens is 5. The van der Waals surface area contributed by atoms with E-state index in [-0.39, 0.29) is 23.0 Å². The molecule has 0 N–H and O–H groups in total. The van der Waals surface area contributed by atoms with Gasteiger partial charge in [-0.3, -0.25) is 4.90 Å². The van der Waals surface area contributed by atoms with E-state index in [1.54, 1.807) is 25.4 Å². The Morgan fingerprint density at radius 2 is 1.85 bits per heavy atom. The van der Waals surface area contributed by atoms with E-state index in [0.29, 0.717) is 16.5 Å². The first-order chi connectivity index (χ1) is 16.1. The molecule has 10 heteroatoms. The van der Waals surface area contributed by atoms with Gasteiger partial charge in [0.2, 0.25) is 5.88 Å². The first-order valence-electron chi connectivity index (χ1n) is 10.2. The van der Waals surface area contributed by atoms with Crippen LogP contribution in [0.4, 0.5) is 13.2 Å². The summed E-state index contributed by atoms with van der Waals surface area (Å²) in [7, 11) is 3.11. The molecular formula is C24H19Cl2F3N2O3. The number of nitrogens with zero attached hydrogens (tertiary/aromatic N) is 2. The molecule has 0 saturated heterocycles. The molecule has 4 rings (SSSR count). The van der Waals surface area contributed by atoms with Gasteiger partial charge in [0.1, 0.15) is 0 Å². The number of benzene rings is 2. The van der Waals surface area contributed by atoms with Crippen LogP contribution in [-0.4, -0.2) is 42.7 Å². The molecule has 0 fully saturated rings. The topological polar surface area (TPSA) is 51.7 Å². The number of ether oxygens (including phenoxy) is 2. The number of fused-ring (bicyclic) bond motifs is 1.